The maximum atomic E-state index is 12.3. The minimum atomic E-state index is -0.446. The molecule has 6 heteroatoms. The van der Waals surface area contributed by atoms with E-state index in [-0.39, 0.29) is 5.91 Å². The maximum absolute atomic E-state index is 12.3. The van der Waals surface area contributed by atoms with Crippen LogP contribution in [0.15, 0.2) is 29.6 Å². The van der Waals surface area contributed by atoms with Crippen LogP contribution in [0.5, 0.6) is 0 Å². The van der Waals surface area contributed by atoms with Crippen molar-refractivity contribution in [2.75, 3.05) is 24.3 Å². The number of carbonyl (C=O) groups is 2. The number of ether oxygens (including phenoxy) is 1. The van der Waals surface area contributed by atoms with E-state index in [1.807, 2.05) is 12.1 Å². The van der Waals surface area contributed by atoms with E-state index in [9.17, 15) is 9.59 Å². The minimum Gasteiger partial charge on any atom is -0.465 e. The highest BCUT2D eigenvalue weighted by molar-refractivity contribution is 7.12. The number of nitrogens with one attached hydrogen (secondary N) is 2. The Hall–Kier alpha value is -2.34. The van der Waals surface area contributed by atoms with Crippen molar-refractivity contribution in [1.82, 2.24) is 0 Å². The first-order valence-electron chi connectivity index (χ1n) is 6.53. The Balaban J connectivity index is 1.81. The highest BCUT2D eigenvalue weighted by atomic mass is 32.1. The second-order valence-corrected chi connectivity index (χ2v) is 5.57. The van der Waals surface area contributed by atoms with Gasteiger partial charge in [0.2, 0.25) is 0 Å². The molecule has 0 saturated heterocycles. The van der Waals surface area contributed by atoms with E-state index in [0.717, 1.165) is 24.2 Å². The number of rotatable bonds is 3. The number of anilines is 2. The smallest absolute Gasteiger partial charge is 0.350 e. The lowest BCUT2D eigenvalue weighted by Crippen LogP contribution is -2.14. The Morgan fingerprint density at radius 3 is 3.00 bits per heavy atom. The molecule has 2 N–H and O–H groups in total. The summed E-state index contributed by atoms with van der Waals surface area (Å²) in [6, 6.07) is 7.27. The highest BCUT2D eigenvalue weighted by Gasteiger charge is 2.18. The first-order valence-corrected chi connectivity index (χ1v) is 7.41. The third-order valence-electron chi connectivity index (χ3n) is 3.36. The molecule has 2 heterocycles. The molecule has 0 fully saturated rings. The van der Waals surface area contributed by atoms with E-state index in [2.05, 4.69) is 10.6 Å². The van der Waals surface area contributed by atoms with Crippen LogP contribution < -0.4 is 10.6 Å². The zero-order valence-corrected chi connectivity index (χ0v) is 12.3. The number of thiophene rings is 1. The van der Waals surface area contributed by atoms with Crippen molar-refractivity contribution in [3.63, 3.8) is 0 Å². The van der Waals surface area contributed by atoms with Crippen LogP contribution >= 0.6 is 11.3 Å². The lowest BCUT2D eigenvalue weighted by molar-refractivity contribution is 0.0607. The second kappa shape index (κ2) is 5.57. The van der Waals surface area contributed by atoms with Gasteiger partial charge in [0.15, 0.2) is 0 Å². The summed E-state index contributed by atoms with van der Waals surface area (Å²) in [5.41, 5.74) is 3.29. The highest BCUT2D eigenvalue weighted by Crippen LogP contribution is 2.26. The quantitative estimate of drug-likeness (QED) is 0.856. The van der Waals surface area contributed by atoms with Gasteiger partial charge in [0, 0.05) is 17.8 Å². The van der Waals surface area contributed by atoms with E-state index in [1.54, 1.807) is 17.5 Å². The van der Waals surface area contributed by atoms with E-state index in [1.165, 1.54) is 18.4 Å². The molecule has 1 aliphatic heterocycles. The Morgan fingerprint density at radius 1 is 1.33 bits per heavy atom. The van der Waals surface area contributed by atoms with E-state index in [4.69, 9.17) is 4.74 Å². The Morgan fingerprint density at radius 2 is 2.19 bits per heavy atom. The molecular weight excluding hydrogens is 288 g/mol. The number of hydrogen-bond acceptors (Lipinski definition) is 5. The van der Waals surface area contributed by atoms with Crippen LogP contribution in [-0.4, -0.2) is 25.5 Å². The van der Waals surface area contributed by atoms with Crippen LogP contribution in [0.1, 0.15) is 25.6 Å². The molecule has 2 aromatic rings. The van der Waals surface area contributed by atoms with Crippen LogP contribution in [0.3, 0.4) is 0 Å². The fourth-order valence-electron chi connectivity index (χ4n) is 2.30. The van der Waals surface area contributed by atoms with Crippen molar-refractivity contribution >= 4 is 34.6 Å². The zero-order valence-electron chi connectivity index (χ0n) is 11.4. The molecule has 0 saturated carbocycles. The van der Waals surface area contributed by atoms with Gasteiger partial charge in [0.05, 0.1) is 12.8 Å². The summed E-state index contributed by atoms with van der Waals surface area (Å²) < 4.78 is 4.69. The molecule has 21 heavy (non-hydrogen) atoms. The average Bonchev–Trinajstić information content (AvgIpc) is 3.14. The predicted octanol–water partition coefficient (Wildman–Crippen LogP) is 2.76. The van der Waals surface area contributed by atoms with Crippen LogP contribution in [0, 0.1) is 0 Å². The van der Waals surface area contributed by atoms with E-state index in [0.29, 0.717) is 16.1 Å². The molecule has 0 aliphatic carbocycles. The van der Waals surface area contributed by atoms with Crippen molar-refractivity contribution in [2.45, 2.75) is 6.42 Å². The largest absolute Gasteiger partial charge is 0.465 e. The molecule has 0 unspecified atom stereocenters. The van der Waals surface area contributed by atoms with Crippen LogP contribution in [0.2, 0.25) is 0 Å². The molecule has 0 atom stereocenters. The van der Waals surface area contributed by atoms with Crippen LogP contribution in [0.4, 0.5) is 11.4 Å². The predicted molar refractivity (Wildman–Crippen MR) is 82.2 cm³/mol. The van der Waals surface area contributed by atoms with Crippen molar-refractivity contribution < 1.29 is 14.3 Å². The molecule has 1 aliphatic rings. The lowest BCUT2D eigenvalue weighted by Gasteiger charge is -2.07. The van der Waals surface area contributed by atoms with Crippen molar-refractivity contribution in [3.05, 3.63) is 45.6 Å². The van der Waals surface area contributed by atoms with Gasteiger partial charge in [-0.15, -0.1) is 11.3 Å². The van der Waals surface area contributed by atoms with Crippen molar-refractivity contribution in [3.8, 4) is 0 Å². The van der Waals surface area contributed by atoms with Gasteiger partial charge in [-0.1, -0.05) is 0 Å². The summed E-state index contributed by atoms with van der Waals surface area (Å²) in [4.78, 5) is 24.3. The van der Waals surface area contributed by atoms with E-state index >= 15 is 0 Å². The Labute approximate surface area is 125 Å². The molecule has 108 valence electrons. The third kappa shape index (κ3) is 2.62. The molecule has 1 amide bonds. The SMILES string of the molecule is COC(=O)c1sccc1NC(=O)c1ccc2c(c1)CCN2. The number of hydrogen-bond donors (Lipinski definition) is 2. The molecule has 0 radical (unpaired) electrons. The Bertz CT molecular complexity index is 709. The average molecular weight is 302 g/mol. The zero-order chi connectivity index (χ0) is 14.8. The molecule has 3 rings (SSSR count). The van der Waals surface area contributed by atoms with Gasteiger partial charge in [-0.2, -0.15) is 0 Å². The maximum Gasteiger partial charge on any atom is 0.350 e. The van der Waals surface area contributed by atoms with Crippen molar-refractivity contribution in [1.29, 1.82) is 0 Å². The second-order valence-electron chi connectivity index (χ2n) is 4.66. The van der Waals surface area contributed by atoms with Crippen molar-refractivity contribution in [2.24, 2.45) is 0 Å². The summed E-state index contributed by atoms with van der Waals surface area (Å²) >= 11 is 1.24. The molecule has 5 nitrogen and oxygen atoms in total. The van der Waals surface area contributed by atoms with Crippen LogP contribution in [-0.2, 0) is 11.2 Å². The molecular formula is C15H14N2O3S. The molecule has 1 aromatic carbocycles. The molecule has 0 spiro atoms. The van der Waals surface area contributed by atoms with Gasteiger partial charge >= 0.3 is 5.97 Å². The summed E-state index contributed by atoms with van der Waals surface area (Å²) in [6.45, 7) is 0.900. The first-order chi connectivity index (χ1) is 10.2. The normalized spacial score (nSPS) is 12.4. The summed E-state index contributed by atoms with van der Waals surface area (Å²) in [5, 5.41) is 7.76. The number of carbonyl (C=O) groups excluding carboxylic acids is 2. The number of benzene rings is 1. The number of esters is 1. The van der Waals surface area contributed by atoms with Gasteiger partial charge in [-0.05, 0) is 41.6 Å². The van der Waals surface area contributed by atoms with Gasteiger partial charge in [-0.25, -0.2) is 4.79 Å². The lowest BCUT2D eigenvalue weighted by atomic mass is 10.1. The van der Waals surface area contributed by atoms with Gasteiger partial charge in [-0.3, -0.25) is 4.79 Å². The fraction of sp³-hybridized carbons (Fsp3) is 0.200. The summed E-state index contributed by atoms with van der Waals surface area (Å²) in [7, 11) is 1.32. The Kier molecular flexibility index (Phi) is 3.62. The summed E-state index contributed by atoms with van der Waals surface area (Å²) in [5.74, 6) is -0.674. The third-order valence-corrected chi connectivity index (χ3v) is 4.26. The fourth-order valence-corrected chi connectivity index (χ4v) is 3.06. The van der Waals surface area contributed by atoms with Gasteiger partial charge in [0.25, 0.3) is 5.91 Å². The first kappa shape index (κ1) is 13.6. The van der Waals surface area contributed by atoms with Crippen LogP contribution in [0.25, 0.3) is 0 Å². The van der Waals surface area contributed by atoms with E-state index < -0.39 is 5.97 Å². The number of amides is 1. The summed E-state index contributed by atoms with van der Waals surface area (Å²) in [6.07, 6.45) is 0.919. The monoisotopic (exact) mass is 302 g/mol. The topological polar surface area (TPSA) is 67.4 Å². The standard InChI is InChI=1S/C15H14N2O3S/c1-20-15(19)13-12(5-7-21-13)17-14(18)10-2-3-11-9(8-10)4-6-16-11/h2-3,5,7-8,16H,4,6H2,1H3,(H,17,18). The number of fused-ring (bicyclic) bond motifs is 1. The number of methoxy groups -OCH3 is 1. The van der Waals surface area contributed by atoms with Gasteiger partial charge in [0.1, 0.15) is 4.88 Å². The van der Waals surface area contributed by atoms with Gasteiger partial charge < -0.3 is 15.4 Å². The minimum absolute atomic E-state index is 0.228. The molecule has 0 bridgehead atoms. The molecule has 1 aromatic heterocycles.